The van der Waals surface area contributed by atoms with Crippen molar-refractivity contribution in [1.29, 1.82) is 5.26 Å². The predicted molar refractivity (Wildman–Crippen MR) is 107 cm³/mol. The van der Waals surface area contributed by atoms with E-state index < -0.39 is 0 Å². The van der Waals surface area contributed by atoms with Gasteiger partial charge in [0.15, 0.2) is 11.5 Å². The summed E-state index contributed by atoms with van der Waals surface area (Å²) in [6.45, 7) is 2.55. The van der Waals surface area contributed by atoms with Crippen LogP contribution in [-0.4, -0.2) is 20.8 Å². The highest BCUT2D eigenvalue weighted by atomic mass is 16.5. The summed E-state index contributed by atoms with van der Waals surface area (Å²) in [5, 5.41) is 9.62. The number of pyridine rings is 1. The quantitative estimate of drug-likeness (QED) is 0.708. The minimum absolute atomic E-state index is 0.304. The van der Waals surface area contributed by atoms with Crippen molar-refractivity contribution in [3.8, 4) is 45.7 Å². The standard InChI is InChI=1S/C22H21N3O3/c1-4-28-16-8-5-14(6-9-16)19-12-17(18(13-23)22(24)25-19)15-7-10-20(26-2)21(11-15)27-3/h5-12H,4H2,1-3H3,(H2,24,25)/p+1. The summed E-state index contributed by atoms with van der Waals surface area (Å²) in [6, 6.07) is 17.3. The molecule has 0 saturated heterocycles. The van der Waals surface area contributed by atoms with E-state index in [1.54, 1.807) is 20.3 Å². The molecule has 3 N–H and O–H groups in total. The molecule has 0 bridgehead atoms. The summed E-state index contributed by atoms with van der Waals surface area (Å²) in [6.07, 6.45) is 0. The number of aromatic nitrogens is 1. The number of hydrogen-bond donors (Lipinski definition) is 1. The van der Waals surface area contributed by atoms with Crippen LogP contribution in [0.2, 0.25) is 0 Å². The van der Waals surface area contributed by atoms with E-state index in [1.807, 2.05) is 49.4 Å². The van der Waals surface area contributed by atoms with Gasteiger partial charge in [-0.05, 0) is 55.0 Å². The Morgan fingerprint density at radius 2 is 1.64 bits per heavy atom. The molecule has 3 aromatic rings. The summed E-state index contributed by atoms with van der Waals surface area (Å²) >= 11 is 0. The first-order chi connectivity index (χ1) is 13.6. The first-order valence-corrected chi connectivity index (χ1v) is 8.82. The van der Waals surface area contributed by atoms with Crippen LogP contribution in [0.3, 0.4) is 0 Å². The van der Waals surface area contributed by atoms with Gasteiger partial charge in [-0.2, -0.15) is 5.26 Å². The Morgan fingerprint density at radius 3 is 2.25 bits per heavy atom. The molecule has 0 fully saturated rings. The van der Waals surface area contributed by atoms with Crippen LogP contribution in [0, 0.1) is 11.3 Å². The highest BCUT2D eigenvalue weighted by Gasteiger charge is 2.18. The van der Waals surface area contributed by atoms with Crippen LogP contribution in [0.5, 0.6) is 17.2 Å². The van der Waals surface area contributed by atoms with Crippen molar-refractivity contribution in [1.82, 2.24) is 0 Å². The third-order valence-corrected chi connectivity index (χ3v) is 4.38. The Bertz CT molecular complexity index is 1020. The molecule has 0 aliphatic carbocycles. The van der Waals surface area contributed by atoms with Crippen LogP contribution in [0.25, 0.3) is 22.4 Å². The van der Waals surface area contributed by atoms with Crippen molar-refractivity contribution in [2.45, 2.75) is 6.92 Å². The molecule has 0 atom stereocenters. The van der Waals surface area contributed by atoms with Gasteiger partial charge in [0.1, 0.15) is 23.1 Å². The lowest BCUT2D eigenvalue weighted by molar-refractivity contribution is -0.346. The fourth-order valence-corrected chi connectivity index (χ4v) is 3.01. The molecule has 0 amide bonds. The normalized spacial score (nSPS) is 10.2. The fraction of sp³-hybridized carbons (Fsp3) is 0.182. The molecule has 0 spiro atoms. The van der Waals surface area contributed by atoms with Crippen LogP contribution in [-0.2, 0) is 0 Å². The van der Waals surface area contributed by atoms with Gasteiger partial charge in [0.25, 0.3) is 5.82 Å². The lowest BCUT2D eigenvalue weighted by Crippen LogP contribution is -2.16. The fourth-order valence-electron chi connectivity index (χ4n) is 3.01. The zero-order chi connectivity index (χ0) is 20.1. The molecule has 0 saturated carbocycles. The Balaban J connectivity index is 2.12. The SMILES string of the molecule is CCOc1ccc(-c2cc(-c3ccc(OC)c(OC)c3)c(C#N)c(N)[nH+]2)cc1. The van der Waals surface area contributed by atoms with E-state index >= 15 is 0 Å². The van der Waals surface area contributed by atoms with Gasteiger partial charge in [0, 0.05) is 11.1 Å². The molecule has 0 unspecified atom stereocenters. The largest absolute Gasteiger partial charge is 0.494 e. The molecule has 6 heteroatoms. The Hall–Kier alpha value is -3.72. The molecule has 0 radical (unpaired) electrons. The van der Waals surface area contributed by atoms with Gasteiger partial charge in [-0.3, -0.25) is 5.73 Å². The Labute approximate surface area is 164 Å². The van der Waals surface area contributed by atoms with Gasteiger partial charge < -0.3 is 14.2 Å². The summed E-state index contributed by atoms with van der Waals surface area (Å²) < 4.78 is 16.2. The van der Waals surface area contributed by atoms with E-state index in [1.165, 1.54) is 0 Å². The second kappa shape index (κ2) is 8.31. The maximum absolute atomic E-state index is 9.62. The number of ether oxygens (including phenoxy) is 3. The molecule has 6 nitrogen and oxygen atoms in total. The van der Waals surface area contributed by atoms with Crippen molar-refractivity contribution in [3.05, 3.63) is 54.1 Å². The number of aromatic amines is 1. The maximum atomic E-state index is 9.62. The number of nitrogens with one attached hydrogen (secondary N) is 1. The van der Waals surface area contributed by atoms with Gasteiger partial charge in [0.2, 0.25) is 0 Å². The smallest absolute Gasteiger partial charge is 0.289 e. The van der Waals surface area contributed by atoms with Crippen LogP contribution in [0.1, 0.15) is 12.5 Å². The Kier molecular flexibility index (Phi) is 5.66. The lowest BCUT2D eigenvalue weighted by Gasteiger charge is -2.11. The average Bonchev–Trinajstić information content (AvgIpc) is 2.73. The third kappa shape index (κ3) is 3.69. The van der Waals surface area contributed by atoms with Crippen molar-refractivity contribution >= 4 is 5.82 Å². The zero-order valence-corrected chi connectivity index (χ0v) is 16.1. The van der Waals surface area contributed by atoms with Gasteiger partial charge in [-0.25, -0.2) is 4.98 Å². The minimum atomic E-state index is 0.304. The third-order valence-electron chi connectivity index (χ3n) is 4.38. The summed E-state index contributed by atoms with van der Waals surface area (Å²) in [5.74, 6) is 2.30. The second-order valence-electron chi connectivity index (χ2n) is 6.02. The van der Waals surface area contributed by atoms with Crippen molar-refractivity contribution in [2.24, 2.45) is 0 Å². The van der Waals surface area contributed by atoms with E-state index in [-0.39, 0.29) is 0 Å². The first kappa shape index (κ1) is 19.1. The number of anilines is 1. The van der Waals surface area contributed by atoms with Crippen LogP contribution in [0.4, 0.5) is 5.82 Å². The van der Waals surface area contributed by atoms with Gasteiger partial charge in [0.05, 0.1) is 20.8 Å². The summed E-state index contributed by atoms with van der Waals surface area (Å²) in [4.78, 5) is 3.11. The minimum Gasteiger partial charge on any atom is -0.494 e. The van der Waals surface area contributed by atoms with E-state index in [0.29, 0.717) is 35.1 Å². The number of nitrogen functional groups attached to an aromatic ring is 1. The van der Waals surface area contributed by atoms with Crippen LogP contribution in [0.15, 0.2) is 48.5 Å². The Morgan fingerprint density at radius 1 is 0.964 bits per heavy atom. The van der Waals surface area contributed by atoms with E-state index in [4.69, 9.17) is 19.9 Å². The van der Waals surface area contributed by atoms with Gasteiger partial charge >= 0.3 is 0 Å². The molecule has 3 rings (SSSR count). The molecule has 1 heterocycles. The lowest BCUT2D eigenvalue weighted by atomic mass is 9.98. The maximum Gasteiger partial charge on any atom is 0.289 e. The molecular weight excluding hydrogens is 354 g/mol. The second-order valence-corrected chi connectivity index (χ2v) is 6.02. The molecule has 2 aromatic carbocycles. The van der Waals surface area contributed by atoms with Crippen molar-refractivity contribution < 1.29 is 19.2 Å². The monoisotopic (exact) mass is 376 g/mol. The molecule has 0 aliphatic rings. The number of nitrogens with zero attached hydrogens (tertiary/aromatic N) is 1. The highest BCUT2D eigenvalue weighted by Crippen LogP contribution is 2.35. The topological polar surface area (TPSA) is 91.6 Å². The summed E-state index contributed by atoms with van der Waals surface area (Å²) in [5.41, 5.74) is 9.78. The zero-order valence-electron chi connectivity index (χ0n) is 16.1. The highest BCUT2D eigenvalue weighted by molar-refractivity contribution is 5.79. The van der Waals surface area contributed by atoms with E-state index in [9.17, 15) is 5.26 Å². The number of hydrogen-bond acceptors (Lipinski definition) is 5. The number of benzene rings is 2. The summed E-state index contributed by atoms with van der Waals surface area (Å²) in [7, 11) is 3.16. The number of rotatable bonds is 6. The molecule has 142 valence electrons. The van der Waals surface area contributed by atoms with Crippen molar-refractivity contribution in [3.63, 3.8) is 0 Å². The first-order valence-electron chi connectivity index (χ1n) is 8.82. The van der Waals surface area contributed by atoms with Crippen LogP contribution < -0.4 is 24.9 Å². The molecule has 0 aliphatic heterocycles. The molecular formula is C22H22N3O3+. The molecule has 28 heavy (non-hydrogen) atoms. The number of nitriles is 1. The average molecular weight is 376 g/mol. The van der Waals surface area contributed by atoms with E-state index in [2.05, 4.69) is 11.1 Å². The number of methoxy groups -OCH3 is 2. The number of H-pyrrole nitrogens is 1. The van der Waals surface area contributed by atoms with Crippen molar-refractivity contribution in [2.75, 3.05) is 26.6 Å². The van der Waals surface area contributed by atoms with E-state index in [0.717, 1.165) is 22.6 Å². The van der Waals surface area contributed by atoms with Crippen LogP contribution >= 0.6 is 0 Å². The predicted octanol–water partition coefficient (Wildman–Crippen LogP) is 3.70. The van der Waals surface area contributed by atoms with Gasteiger partial charge in [-0.1, -0.05) is 6.07 Å². The number of nitrogens with two attached hydrogens (primary N) is 1. The molecule has 1 aromatic heterocycles. The van der Waals surface area contributed by atoms with Gasteiger partial charge in [-0.15, -0.1) is 0 Å².